The minimum Gasteiger partial charge on any atom is -0.493 e. The Bertz CT molecular complexity index is 1760. The number of aromatic nitrogens is 1. The highest BCUT2D eigenvalue weighted by Gasteiger charge is 2.33. The summed E-state index contributed by atoms with van der Waals surface area (Å²) >= 11 is 4.82. The molecule has 1 aliphatic rings. The van der Waals surface area contributed by atoms with Crippen molar-refractivity contribution in [2.75, 3.05) is 14.2 Å². The molecule has 1 aromatic heterocycles. The standard InChI is InChI=1S/C31H27BrN2O5S/c1-4-23-26(30(36)38-3)27(20-13-9-6-10-14-20)34-29(35)25(40-31(34)33-23)16-21-15-22(32)17-24(37-2)28(21)39-18-19-11-7-5-8-12-19/h5-17,27H,4,18H2,1-3H3/b25-16+/t27-/m1/s1. The third-order valence-electron chi connectivity index (χ3n) is 6.55. The summed E-state index contributed by atoms with van der Waals surface area (Å²) in [5.74, 6) is 0.550. The zero-order valence-corrected chi connectivity index (χ0v) is 24.6. The van der Waals surface area contributed by atoms with Crippen LogP contribution in [0.2, 0.25) is 0 Å². The molecule has 0 aliphatic carbocycles. The van der Waals surface area contributed by atoms with Crippen LogP contribution in [-0.2, 0) is 16.1 Å². The number of carbonyl (C=O) groups is 1. The number of hydrogen-bond acceptors (Lipinski definition) is 7. The predicted molar refractivity (Wildman–Crippen MR) is 158 cm³/mol. The smallest absolute Gasteiger partial charge is 0.338 e. The highest BCUT2D eigenvalue weighted by atomic mass is 79.9. The number of benzene rings is 3. The topological polar surface area (TPSA) is 79.1 Å². The van der Waals surface area contributed by atoms with Gasteiger partial charge in [-0.05, 0) is 35.8 Å². The maximum atomic E-state index is 14.0. The van der Waals surface area contributed by atoms with E-state index in [0.29, 0.717) is 50.7 Å². The molecule has 7 nitrogen and oxygen atoms in total. The fourth-order valence-corrected chi connectivity index (χ4v) is 6.15. The number of nitrogens with zero attached hydrogens (tertiary/aromatic N) is 2. The summed E-state index contributed by atoms with van der Waals surface area (Å²) in [6.45, 7) is 2.26. The van der Waals surface area contributed by atoms with E-state index in [-0.39, 0.29) is 5.56 Å². The maximum absolute atomic E-state index is 14.0. The van der Waals surface area contributed by atoms with E-state index in [1.807, 2.05) is 79.7 Å². The second kappa shape index (κ2) is 12.1. The van der Waals surface area contributed by atoms with Crippen LogP contribution in [0.15, 0.2) is 98.3 Å². The van der Waals surface area contributed by atoms with Gasteiger partial charge in [-0.1, -0.05) is 94.9 Å². The van der Waals surface area contributed by atoms with Crippen molar-refractivity contribution in [3.8, 4) is 11.5 Å². The van der Waals surface area contributed by atoms with Crippen molar-refractivity contribution in [3.05, 3.63) is 125 Å². The highest BCUT2D eigenvalue weighted by Crippen LogP contribution is 2.36. The Morgan fingerprint density at radius 3 is 2.42 bits per heavy atom. The molecule has 0 bridgehead atoms. The summed E-state index contributed by atoms with van der Waals surface area (Å²) in [6.07, 6.45) is 2.30. The predicted octanol–water partition coefficient (Wildman–Crippen LogP) is 5.15. The lowest BCUT2D eigenvalue weighted by Crippen LogP contribution is -2.40. The van der Waals surface area contributed by atoms with Gasteiger partial charge in [-0.2, -0.15) is 0 Å². The Morgan fingerprint density at radius 2 is 1.77 bits per heavy atom. The van der Waals surface area contributed by atoms with E-state index in [9.17, 15) is 9.59 Å². The molecule has 0 saturated heterocycles. The summed E-state index contributed by atoms with van der Waals surface area (Å²) in [4.78, 5) is 32.2. The summed E-state index contributed by atoms with van der Waals surface area (Å²) in [5, 5.41) is 0. The second-order valence-corrected chi connectivity index (χ2v) is 10.9. The molecule has 0 saturated carbocycles. The normalized spacial score (nSPS) is 14.9. The molecular weight excluding hydrogens is 592 g/mol. The molecule has 204 valence electrons. The van der Waals surface area contributed by atoms with E-state index < -0.39 is 12.0 Å². The molecule has 40 heavy (non-hydrogen) atoms. The minimum absolute atomic E-state index is 0.262. The van der Waals surface area contributed by atoms with Gasteiger partial charge in [0.2, 0.25) is 0 Å². The van der Waals surface area contributed by atoms with E-state index >= 15 is 0 Å². The number of fused-ring (bicyclic) bond motifs is 1. The van der Waals surface area contributed by atoms with Crippen molar-refractivity contribution in [3.63, 3.8) is 0 Å². The Balaban J connectivity index is 1.69. The second-order valence-electron chi connectivity index (χ2n) is 9.00. The number of halogens is 1. The third kappa shape index (κ3) is 5.39. The Morgan fingerprint density at radius 1 is 1.07 bits per heavy atom. The summed E-state index contributed by atoms with van der Waals surface area (Å²) in [7, 11) is 2.92. The molecule has 4 aromatic rings. The van der Waals surface area contributed by atoms with Crippen LogP contribution < -0.4 is 24.4 Å². The van der Waals surface area contributed by atoms with Gasteiger partial charge in [-0.3, -0.25) is 9.36 Å². The Hall–Kier alpha value is -3.95. The van der Waals surface area contributed by atoms with Gasteiger partial charge in [0.05, 0.1) is 36.1 Å². The quantitative estimate of drug-likeness (QED) is 0.255. The van der Waals surface area contributed by atoms with Crippen LogP contribution in [0.25, 0.3) is 6.08 Å². The number of thiazole rings is 1. The van der Waals surface area contributed by atoms with E-state index in [1.165, 1.54) is 18.4 Å². The van der Waals surface area contributed by atoms with Crippen LogP contribution in [0.3, 0.4) is 0 Å². The van der Waals surface area contributed by atoms with Gasteiger partial charge >= 0.3 is 5.97 Å². The lowest BCUT2D eigenvalue weighted by molar-refractivity contribution is -0.136. The number of rotatable bonds is 8. The van der Waals surface area contributed by atoms with E-state index in [4.69, 9.17) is 19.2 Å². The number of carbonyl (C=O) groups excluding carboxylic acids is 1. The number of ether oxygens (including phenoxy) is 3. The van der Waals surface area contributed by atoms with Gasteiger partial charge in [0.1, 0.15) is 6.61 Å². The molecule has 0 unspecified atom stereocenters. The highest BCUT2D eigenvalue weighted by molar-refractivity contribution is 9.10. The first-order valence-electron chi connectivity index (χ1n) is 12.7. The van der Waals surface area contributed by atoms with E-state index in [1.54, 1.807) is 17.8 Å². The average Bonchev–Trinajstić information content (AvgIpc) is 3.29. The fraction of sp³-hybridized carbons (Fsp3) is 0.194. The van der Waals surface area contributed by atoms with Crippen molar-refractivity contribution in [2.24, 2.45) is 4.99 Å². The monoisotopic (exact) mass is 618 g/mol. The van der Waals surface area contributed by atoms with Crippen LogP contribution in [0, 0.1) is 0 Å². The van der Waals surface area contributed by atoms with Crippen molar-refractivity contribution in [1.82, 2.24) is 4.57 Å². The number of hydrogen-bond donors (Lipinski definition) is 0. The van der Waals surface area contributed by atoms with Gasteiger partial charge in [0, 0.05) is 10.0 Å². The van der Waals surface area contributed by atoms with Crippen molar-refractivity contribution in [1.29, 1.82) is 0 Å². The van der Waals surface area contributed by atoms with Crippen LogP contribution in [0.5, 0.6) is 11.5 Å². The first kappa shape index (κ1) is 27.6. The molecule has 3 aromatic carbocycles. The van der Waals surface area contributed by atoms with Gasteiger partial charge in [-0.15, -0.1) is 0 Å². The number of esters is 1. The number of methoxy groups -OCH3 is 2. The summed E-state index contributed by atoms with van der Waals surface area (Å²) < 4.78 is 19.8. The van der Waals surface area contributed by atoms with Crippen LogP contribution >= 0.6 is 27.3 Å². The SMILES string of the molecule is CCC1=C(C(=O)OC)[C@@H](c2ccccc2)n2c(s/c(=C/c3cc(Br)cc(OC)c3OCc3ccccc3)c2=O)=N1. The largest absolute Gasteiger partial charge is 0.493 e. The lowest BCUT2D eigenvalue weighted by Gasteiger charge is -2.25. The molecule has 2 heterocycles. The molecule has 0 fully saturated rings. The van der Waals surface area contributed by atoms with Gasteiger partial charge in [0.15, 0.2) is 16.3 Å². The minimum atomic E-state index is -0.659. The molecular formula is C31H27BrN2O5S. The van der Waals surface area contributed by atoms with Crippen LogP contribution in [0.4, 0.5) is 0 Å². The van der Waals surface area contributed by atoms with Crippen molar-refractivity contribution >= 4 is 39.3 Å². The molecule has 0 N–H and O–H groups in total. The molecule has 0 amide bonds. The van der Waals surface area contributed by atoms with E-state index in [2.05, 4.69) is 15.9 Å². The van der Waals surface area contributed by atoms with Crippen molar-refractivity contribution in [2.45, 2.75) is 26.0 Å². The molecule has 0 radical (unpaired) electrons. The molecule has 5 rings (SSSR count). The molecule has 9 heteroatoms. The first-order valence-corrected chi connectivity index (χ1v) is 14.3. The van der Waals surface area contributed by atoms with Crippen LogP contribution in [-0.4, -0.2) is 24.8 Å². The fourth-order valence-electron chi connectivity index (χ4n) is 4.69. The van der Waals surface area contributed by atoms with Gasteiger partial charge in [-0.25, -0.2) is 9.79 Å². The zero-order chi connectivity index (χ0) is 28.2. The Kier molecular flexibility index (Phi) is 8.32. The van der Waals surface area contributed by atoms with Crippen LogP contribution in [0.1, 0.15) is 36.1 Å². The first-order chi connectivity index (χ1) is 19.4. The van der Waals surface area contributed by atoms with Gasteiger partial charge in [0.25, 0.3) is 5.56 Å². The molecule has 1 atom stereocenters. The average molecular weight is 620 g/mol. The zero-order valence-electron chi connectivity index (χ0n) is 22.2. The van der Waals surface area contributed by atoms with Crippen molar-refractivity contribution < 1.29 is 19.0 Å². The summed E-state index contributed by atoms with van der Waals surface area (Å²) in [5.41, 5.74) is 3.18. The molecule has 1 aliphatic heterocycles. The lowest BCUT2D eigenvalue weighted by atomic mass is 9.95. The summed E-state index contributed by atoms with van der Waals surface area (Å²) in [6, 6.07) is 22.3. The molecule has 0 spiro atoms. The Labute approximate surface area is 243 Å². The maximum Gasteiger partial charge on any atom is 0.338 e. The number of allylic oxidation sites excluding steroid dienone is 1. The van der Waals surface area contributed by atoms with Gasteiger partial charge < -0.3 is 14.2 Å². The third-order valence-corrected chi connectivity index (χ3v) is 7.99. The van der Waals surface area contributed by atoms with E-state index in [0.717, 1.165) is 15.6 Å².